The summed E-state index contributed by atoms with van der Waals surface area (Å²) in [5, 5.41) is 2.01. The zero-order valence-electron chi connectivity index (χ0n) is 5.38. The Morgan fingerprint density at radius 2 is 2.50 bits per heavy atom. The molecule has 0 radical (unpaired) electrons. The van der Waals surface area contributed by atoms with Gasteiger partial charge < -0.3 is 5.73 Å². The van der Waals surface area contributed by atoms with E-state index in [1.165, 1.54) is 0 Å². The van der Waals surface area contributed by atoms with Crippen molar-refractivity contribution < 1.29 is 0 Å². The smallest absolute Gasteiger partial charge is 0.0573 e. The highest BCUT2D eigenvalue weighted by Crippen LogP contribution is 2.24. The van der Waals surface area contributed by atoms with Crippen LogP contribution < -0.4 is 5.73 Å². The van der Waals surface area contributed by atoms with Crippen LogP contribution in [-0.2, 0) is 0 Å². The number of halogens is 1. The highest BCUT2D eigenvalue weighted by Gasteiger charge is 2.02. The van der Waals surface area contributed by atoms with Crippen molar-refractivity contribution in [3.63, 3.8) is 0 Å². The molecule has 0 aromatic carbocycles. The lowest BCUT2D eigenvalue weighted by Gasteiger charge is -1.98. The molecule has 0 bridgehead atoms. The molecular formula is C7H8BrNS. The van der Waals surface area contributed by atoms with E-state index in [2.05, 4.69) is 22.5 Å². The maximum Gasteiger partial charge on any atom is 0.0573 e. The van der Waals surface area contributed by atoms with Crippen molar-refractivity contribution in [3.05, 3.63) is 33.5 Å². The maximum absolute atomic E-state index is 5.68. The molecule has 3 heteroatoms. The molecule has 1 atom stereocenters. The van der Waals surface area contributed by atoms with Crippen LogP contribution in [0.2, 0.25) is 0 Å². The number of thiophene rings is 1. The standard InChI is InChI=1S/C7H8BrNS/c1-2-6(9)7-3-5(8)4-10-7/h2-4,6H,1,9H2. The summed E-state index contributed by atoms with van der Waals surface area (Å²) in [6.45, 7) is 3.61. The van der Waals surface area contributed by atoms with Gasteiger partial charge in [-0.3, -0.25) is 0 Å². The predicted octanol–water partition coefficient (Wildman–Crippen LogP) is 2.70. The Hall–Kier alpha value is -0.120. The molecule has 0 saturated carbocycles. The van der Waals surface area contributed by atoms with E-state index in [1.54, 1.807) is 17.4 Å². The van der Waals surface area contributed by atoms with E-state index in [0.29, 0.717) is 0 Å². The molecule has 0 amide bonds. The van der Waals surface area contributed by atoms with Crippen LogP contribution in [-0.4, -0.2) is 0 Å². The van der Waals surface area contributed by atoms with Crippen LogP contribution in [0.4, 0.5) is 0 Å². The third kappa shape index (κ3) is 1.68. The van der Waals surface area contributed by atoms with Crippen LogP contribution >= 0.6 is 27.3 Å². The molecular weight excluding hydrogens is 210 g/mol. The van der Waals surface area contributed by atoms with Crippen molar-refractivity contribution in [3.8, 4) is 0 Å². The summed E-state index contributed by atoms with van der Waals surface area (Å²) >= 11 is 4.99. The van der Waals surface area contributed by atoms with Crippen LogP contribution in [0.15, 0.2) is 28.6 Å². The third-order valence-electron chi connectivity index (χ3n) is 1.17. The molecule has 0 aliphatic carbocycles. The average molecular weight is 218 g/mol. The van der Waals surface area contributed by atoms with Gasteiger partial charge >= 0.3 is 0 Å². The van der Waals surface area contributed by atoms with Crippen LogP contribution in [0.3, 0.4) is 0 Å². The summed E-state index contributed by atoms with van der Waals surface area (Å²) in [7, 11) is 0. The Morgan fingerprint density at radius 3 is 2.90 bits per heavy atom. The minimum absolute atomic E-state index is 0.0173. The van der Waals surface area contributed by atoms with Crippen LogP contribution in [0.1, 0.15) is 10.9 Å². The molecule has 2 N–H and O–H groups in total. The molecule has 10 heavy (non-hydrogen) atoms. The molecule has 0 spiro atoms. The topological polar surface area (TPSA) is 26.0 Å². The van der Waals surface area contributed by atoms with Gasteiger partial charge in [-0.05, 0) is 22.0 Å². The van der Waals surface area contributed by atoms with Crippen molar-refractivity contribution in [1.82, 2.24) is 0 Å². The first-order chi connectivity index (χ1) is 4.74. The molecule has 0 aliphatic heterocycles. The van der Waals surface area contributed by atoms with E-state index in [-0.39, 0.29) is 6.04 Å². The van der Waals surface area contributed by atoms with Crippen molar-refractivity contribution in [1.29, 1.82) is 0 Å². The highest BCUT2D eigenvalue weighted by molar-refractivity contribution is 9.10. The Bertz CT molecular complexity index is 231. The monoisotopic (exact) mass is 217 g/mol. The van der Waals surface area contributed by atoms with Gasteiger partial charge in [0.25, 0.3) is 0 Å². The lowest BCUT2D eigenvalue weighted by atomic mass is 10.2. The predicted molar refractivity (Wildman–Crippen MR) is 49.1 cm³/mol. The molecule has 1 aromatic rings. The first-order valence-corrected chi connectivity index (χ1v) is 4.53. The summed E-state index contributed by atoms with van der Waals surface area (Å²) in [6.07, 6.45) is 1.73. The molecule has 0 aliphatic rings. The van der Waals surface area contributed by atoms with Crippen molar-refractivity contribution in [2.24, 2.45) is 5.73 Å². The minimum Gasteiger partial charge on any atom is -0.320 e. The van der Waals surface area contributed by atoms with Crippen LogP contribution in [0.5, 0.6) is 0 Å². The summed E-state index contributed by atoms with van der Waals surface area (Å²) in [5.74, 6) is 0. The quantitative estimate of drug-likeness (QED) is 0.759. The molecule has 54 valence electrons. The fraction of sp³-hybridized carbons (Fsp3) is 0.143. The fourth-order valence-electron chi connectivity index (χ4n) is 0.619. The maximum atomic E-state index is 5.68. The molecule has 1 aromatic heterocycles. The largest absolute Gasteiger partial charge is 0.320 e. The van der Waals surface area contributed by atoms with E-state index in [1.807, 2.05) is 11.4 Å². The lowest BCUT2D eigenvalue weighted by Crippen LogP contribution is -2.03. The number of nitrogens with two attached hydrogens (primary N) is 1. The molecule has 1 unspecified atom stereocenters. The zero-order chi connectivity index (χ0) is 7.56. The molecule has 1 nitrogen and oxygen atoms in total. The number of hydrogen-bond donors (Lipinski definition) is 1. The first-order valence-electron chi connectivity index (χ1n) is 2.86. The van der Waals surface area contributed by atoms with Gasteiger partial charge in [0.05, 0.1) is 6.04 Å². The second-order valence-electron chi connectivity index (χ2n) is 1.93. The molecule has 0 fully saturated rings. The number of rotatable bonds is 2. The van der Waals surface area contributed by atoms with E-state index in [9.17, 15) is 0 Å². The second-order valence-corrected chi connectivity index (χ2v) is 3.79. The van der Waals surface area contributed by atoms with E-state index in [0.717, 1.165) is 9.35 Å². The fourth-order valence-corrected chi connectivity index (χ4v) is 2.06. The van der Waals surface area contributed by atoms with Gasteiger partial charge in [-0.15, -0.1) is 17.9 Å². The lowest BCUT2D eigenvalue weighted by molar-refractivity contribution is 0.939. The summed E-state index contributed by atoms with van der Waals surface area (Å²) in [4.78, 5) is 1.14. The zero-order valence-corrected chi connectivity index (χ0v) is 7.78. The van der Waals surface area contributed by atoms with E-state index in [4.69, 9.17) is 5.73 Å². The highest BCUT2D eigenvalue weighted by atomic mass is 79.9. The Balaban J connectivity index is 2.84. The van der Waals surface area contributed by atoms with Gasteiger partial charge in [-0.2, -0.15) is 0 Å². The van der Waals surface area contributed by atoms with Gasteiger partial charge in [-0.1, -0.05) is 6.08 Å². The van der Waals surface area contributed by atoms with Crippen LogP contribution in [0.25, 0.3) is 0 Å². The minimum atomic E-state index is -0.0173. The van der Waals surface area contributed by atoms with Gasteiger partial charge in [0.15, 0.2) is 0 Å². The Labute approximate surface area is 72.7 Å². The van der Waals surface area contributed by atoms with Crippen molar-refractivity contribution >= 4 is 27.3 Å². The van der Waals surface area contributed by atoms with Gasteiger partial charge in [-0.25, -0.2) is 0 Å². The van der Waals surface area contributed by atoms with Crippen molar-refractivity contribution in [2.45, 2.75) is 6.04 Å². The van der Waals surface area contributed by atoms with Crippen LogP contribution in [0, 0.1) is 0 Å². The molecule has 1 heterocycles. The van der Waals surface area contributed by atoms with E-state index >= 15 is 0 Å². The Morgan fingerprint density at radius 1 is 1.80 bits per heavy atom. The third-order valence-corrected chi connectivity index (χ3v) is 2.97. The average Bonchev–Trinajstić information content (AvgIpc) is 2.34. The summed E-state index contributed by atoms with van der Waals surface area (Å²) in [5.41, 5.74) is 5.68. The van der Waals surface area contributed by atoms with Gasteiger partial charge in [0, 0.05) is 14.7 Å². The first kappa shape index (κ1) is 7.98. The SMILES string of the molecule is C=CC(N)c1cc(Br)cs1. The van der Waals surface area contributed by atoms with Gasteiger partial charge in [0.1, 0.15) is 0 Å². The second kappa shape index (κ2) is 3.32. The molecule has 1 rings (SSSR count). The normalized spacial score (nSPS) is 13.0. The molecule has 0 saturated heterocycles. The van der Waals surface area contributed by atoms with Gasteiger partial charge in [0.2, 0.25) is 0 Å². The van der Waals surface area contributed by atoms with E-state index < -0.39 is 0 Å². The Kier molecular flexibility index (Phi) is 2.65. The van der Waals surface area contributed by atoms with Crippen molar-refractivity contribution in [2.75, 3.05) is 0 Å². The number of hydrogen-bond acceptors (Lipinski definition) is 2. The summed E-state index contributed by atoms with van der Waals surface area (Å²) < 4.78 is 1.09. The summed E-state index contributed by atoms with van der Waals surface area (Å²) in [6, 6.07) is 1.99.